The molecule has 0 saturated heterocycles. The Morgan fingerprint density at radius 3 is 2.47 bits per heavy atom. The van der Waals surface area contributed by atoms with Crippen LogP contribution in [0.2, 0.25) is 5.02 Å². The van der Waals surface area contributed by atoms with Gasteiger partial charge in [0.15, 0.2) is 11.5 Å². The molecule has 4 heteroatoms. The predicted molar refractivity (Wildman–Crippen MR) is 80.4 cm³/mol. The van der Waals surface area contributed by atoms with Gasteiger partial charge in [-0.15, -0.1) is 0 Å². The highest BCUT2D eigenvalue weighted by Gasteiger charge is 2.15. The third-order valence-corrected chi connectivity index (χ3v) is 3.49. The summed E-state index contributed by atoms with van der Waals surface area (Å²) >= 11 is 6.30. The smallest absolute Gasteiger partial charge is 0.180 e. The van der Waals surface area contributed by atoms with Crippen LogP contribution >= 0.6 is 11.6 Å². The summed E-state index contributed by atoms with van der Waals surface area (Å²) in [4.78, 5) is 0. The van der Waals surface area contributed by atoms with Crippen molar-refractivity contribution in [2.24, 2.45) is 5.73 Å². The van der Waals surface area contributed by atoms with E-state index in [-0.39, 0.29) is 12.1 Å². The molecule has 0 radical (unpaired) electrons. The Kier molecular flexibility index (Phi) is 6.46. The van der Waals surface area contributed by atoms with Crippen molar-refractivity contribution in [2.45, 2.75) is 52.2 Å². The summed E-state index contributed by atoms with van der Waals surface area (Å²) < 4.78 is 11.2. The van der Waals surface area contributed by atoms with E-state index < -0.39 is 0 Å². The van der Waals surface area contributed by atoms with E-state index in [1.165, 1.54) is 0 Å². The highest BCUT2D eigenvalue weighted by Crippen LogP contribution is 2.37. The van der Waals surface area contributed by atoms with Crippen molar-refractivity contribution < 1.29 is 9.47 Å². The summed E-state index contributed by atoms with van der Waals surface area (Å²) in [6.45, 7) is 6.15. The highest BCUT2D eigenvalue weighted by atomic mass is 35.5. The summed E-state index contributed by atoms with van der Waals surface area (Å²) in [6.07, 6.45) is 2.75. The summed E-state index contributed by atoms with van der Waals surface area (Å²) in [5.41, 5.74) is 7.05. The van der Waals surface area contributed by atoms with E-state index in [9.17, 15) is 0 Å². The minimum atomic E-state index is 0.107. The fourth-order valence-electron chi connectivity index (χ4n) is 1.74. The second kappa shape index (κ2) is 7.61. The van der Waals surface area contributed by atoms with Gasteiger partial charge in [-0.25, -0.2) is 0 Å². The molecule has 1 aromatic rings. The average Bonchev–Trinajstić information content (AvgIpc) is 2.40. The minimum Gasteiger partial charge on any atom is -0.493 e. The zero-order valence-electron chi connectivity index (χ0n) is 12.2. The molecule has 2 unspecified atom stereocenters. The van der Waals surface area contributed by atoms with E-state index in [4.69, 9.17) is 26.8 Å². The van der Waals surface area contributed by atoms with Crippen molar-refractivity contribution in [2.75, 3.05) is 7.11 Å². The van der Waals surface area contributed by atoms with Crippen molar-refractivity contribution in [3.8, 4) is 11.5 Å². The van der Waals surface area contributed by atoms with Gasteiger partial charge in [-0.3, -0.25) is 0 Å². The van der Waals surface area contributed by atoms with Gasteiger partial charge in [0.1, 0.15) is 0 Å². The van der Waals surface area contributed by atoms with E-state index in [0.29, 0.717) is 16.5 Å². The first-order chi connectivity index (χ1) is 9.01. The van der Waals surface area contributed by atoms with Crippen LogP contribution in [0.15, 0.2) is 12.1 Å². The number of hydrogen-bond acceptors (Lipinski definition) is 3. The number of benzene rings is 1. The minimum absolute atomic E-state index is 0.107. The van der Waals surface area contributed by atoms with Crippen LogP contribution in [-0.4, -0.2) is 19.3 Å². The summed E-state index contributed by atoms with van der Waals surface area (Å²) in [7, 11) is 1.62. The highest BCUT2D eigenvalue weighted by molar-refractivity contribution is 6.32. The number of ether oxygens (including phenoxy) is 2. The van der Waals surface area contributed by atoms with E-state index in [1.54, 1.807) is 7.11 Å². The molecule has 0 aliphatic rings. The normalized spacial score (nSPS) is 14.0. The van der Waals surface area contributed by atoms with E-state index in [0.717, 1.165) is 24.8 Å². The van der Waals surface area contributed by atoms with Crippen molar-refractivity contribution in [3.63, 3.8) is 0 Å². The number of methoxy groups -OCH3 is 1. The van der Waals surface area contributed by atoms with E-state index in [1.807, 2.05) is 19.1 Å². The molecule has 0 aliphatic heterocycles. The predicted octanol–water partition coefficient (Wildman–Crippen LogP) is 3.81. The third-order valence-electron chi connectivity index (χ3n) is 3.21. The molecule has 3 nitrogen and oxygen atoms in total. The fraction of sp³-hybridized carbons (Fsp3) is 0.600. The third kappa shape index (κ3) is 4.59. The lowest BCUT2D eigenvalue weighted by atomic mass is 10.0. The van der Waals surface area contributed by atoms with Crippen molar-refractivity contribution in [3.05, 3.63) is 22.7 Å². The Labute approximate surface area is 121 Å². The molecule has 0 spiro atoms. The summed E-state index contributed by atoms with van der Waals surface area (Å²) in [5.74, 6) is 1.29. The second-order valence-corrected chi connectivity index (χ2v) is 5.23. The van der Waals surface area contributed by atoms with Crippen molar-refractivity contribution in [1.82, 2.24) is 0 Å². The Bertz CT molecular complexity index is 409. The Morgan fingerprint density at radius 1 is 1.26 bits per heavy atom. The van der Waals surface area contributed by atoms with Crippen LogP contribution < -0.4 is 15.2 Å². The number of hydrogen-bond donors (Lipinski definition) is 1. The van der Waals surface area contributed by atoms with Crippen LogP contribution in [0.5, 0.6) is 11.5 Å². The van der Waals surface area contributed by atoms with Gasteiger partial charge in [0.05, 0.1) is 18.2 Å². The fourth-order valence-corrected chi connectivity index (χ4v) is 2.01. The first kappa shape index (κ1) is 16.1. The molecular formula is C15H24ClNO2. The number of halogens is 1. The first-order valence-electron chi connectivity index (χ1n) is 6.80. The molecule has 2 N–H and O–H groups in total. The van der Waals surface area contributed by atoms with Crippen molar-refractivity contribution in [1.29, 1.82) is 0 Å². The standard InChI is InChI=1S/C15H24ClNO2/c1-5-10(3)19-15-13(16)8-11(7-12(17)6-2)9-14(15)18-4/h8-10,12H,5-7,17H2,1-4H3. The van der Waals surface area contributed by atoms with Crippen LogP contribution in [0, 0.1) is 0 Å². The van der Waals surface area contributed by atoms with Gasteiger partial charge >= 0.3 is 0 Å². The van der Waals surface area contributed by atoms with Gasteiger partial charge in [0.25, 0.3) is 0 Å². The van der Waals surface area contributed by atoms with Crippen LogP contribution in [0.25, 0.3) is 0 Å². The first-order valence-corrected chi connectivity index (χ1v) is 7.18. The monoisotopic (exact) mass is 285 g/mol. The molecule has 0 heterocycles. The molecule has 0 saturated carbocycles. The van der Waals surface area contributed by atoms with Gasteiger partial charge in [-0.1, -0.05) is 25.4 Å². The Balaban J connectivity index is 3.00. The quantitative estimate of drug-likeness (QED) is 0.828. The number of rotatable bonds is 7. The van der Waals surface area contributed by atoms with E-state index >= 15 is 0 Å². The van der Waals surface area contributed by atoms with Gasteiger partial charge in [0, 0.05) is 6.04 Å². The van der Waals surface area contributed by atoms with Gasteiger partial charge in [-0.2, -0.15) is 0 Å². The molecule has 0 aromatic heterocycles. The number of nitrogens with two attached hydrogens (primary N) is 1. The Hall–Kier alpha value is -0.930. The maximum Gasteiger partial charge on any atom is 0.180 e. The molecule has 19 heavy (non-hydrogen) atoms. The zero-order valence-corrected chi connectivity index (χ0v) is 13.0. The lowest BCUT2D eigenvalue weighted by Crippen LogP contribution is -2.21. The zero-order chi connectivity index (χ0) is 14.4. The van der Waals surface area contributed by atoms with Crippen molar-refractivity contribution >= 4 is 11.6 Å². The maximum absolute atomic E-state index is 6.30. The summed E-state index contributed by atoms with van der Waals surface area (Å²) in [5, 5.41) is 0.581. The largest absolute Gasteiger partial charge is 0.493 e. The van der Waals surface area contributed by atoms with Gasteiger partial charge < -0.3 is 15.2 Å². The molecule has 2 atom stereocenters. The average molecular weight is 286 g/mol. The van der Waals surface area contributed by atoms with Crippen LogP contribution in [0.1, 0.15) is 39.2 Å². The van der Waals surface area contributed by atoms with Crippen LogP contribution in [0.3, 0.4) is 0 Å². The molecule has 1 aromatic carbocycles. The Morgan fingerprint density at radius 2 is 1.95 bits per heavy atom. The van der Waals surface area contributed by atoms with Gasteiger partial charge in [-0.05, 0) is 43.9 Å². The van der Waals surface area contributed by atoms with Crippen LogP contribution in [0.4, 0.5) is 0 Å². The lowest BCUT2D eigenvalue weighted by molar-refractivity contribution is 0.207. The molecule has 108 valence electrons. The maximum atomic E-state index is 6.30. The molecule has 0 bridgehead atoms. The topological polar surface area (TPSA) is 44.5 Å². The molecule has 1 rings (SSSR count). The van der Waals surface area contributed by atoms with Crippen LogP contribution in [-0.2, 0) is 6.42 Å². The molecule has 0 aliphatic carbocycles. The second-order valence-electron chi connectivity index (χ2n) is 4.82. The molecule has 0 amide bonds. The molecular weight excluding hydrogens is 262 g/mol. The SMILES string of the molecule is CCC(N)Cc1cc(Cl)c(OC(C)CC)c(OC)c1. The summed E-state index contributed by atoms with van der Waals surface area (Å²) in [6, 6.07) is 4.01. The van der Waals surface area contributed by atoms with Gasteiger partial charge in [0.2, 0.25) is 0 Å². The van der Waals surface area contributed by atoms with E-state index in [2.05, 4.69) is 13.8 Å². The molecule has 0 fully saturated rings. The lowest BCUT2D eigenvalue weighted by Gasteiger charge is -2.18.